The van der Waals surface area contributed by atoms with Crippen molar-refractivity contribution in [3.05, 3.63) is 59.8 Å². The third-order valence-electron chi connectivity index (χ3n) is 3.48. The number of pyridine rings is 1. The molecule has 0 unspecified atom stereocenters. The second-order valence-electron chi connectivity index (χ2n) is 5.53. The molecule has 0 fully saturated rings. The summed E-state index contributed by atoms with van der Waals surface area (Å²) in [4.78, 5) is 4.21. The molecule has 20 heavy (non-hydrogen) atoms. The third kappa shape index (κ3) is 3.58. The average Bonchev–Trinajstić information content (AvgIpc) is 2.48. The zero-order chi connectivity index (χ0) is 14.4. The van der Waals surface area contributed by atoms with Gasteiger partial charge in [0.25, 0.3) is 0 Å². The van der Waals surface area contributed by atoms with Crippen LogP contribution in [0.1, 0.15) is 25.0 Å². The van der Waals surface area contributed by atoms with E-state index in [-0.39, 0.29) is 5.41 Å². The monoisotopic (exact) mass is 270 g/mol. The van der Waals surface area contributed by atoms with Crippen molar-refractivity contribution in [2.75, 3.05) is 13.7 Å². The lowest BCUT2D eigenvalue weighted by molar-refractivity contribution is 0.388. The molecule has 0 aliphatic rings. The van der Waals surface area contributed by atoms with E-state index >= 15 is 0 Å². The molecule has 2 rings (SSSR count). The molecule has 0 saturated heterocycles. The molecule has 1 N–H and O–H groups in total. The lowest BCUT2D eigenvalue weighted by Crippen LogP contribution is -2.32. The van der Waals surface area contributed by atoms with Crippen molar-refractivity contribution in [1.29, 1.82) is 0 Å². The molecule has 3 heteroatoms. The number of nitrogens with zero attached hydrogens (tertiary/aromatic N) is 1. The Morgan fingerprint density at radius 2 is 1.85 bits per heavy atom. The van der Waals surface area contributed by atoms with Crippen molar-refractivity contribution in [3.63, 3.8) is 0 Å². The molecule has 0 radical (unpaired) electrons. The first-order chi connectivity index (χ1) is 9.63. The van der Waals surface area contributed by atoms with Gasteiger partial charge in [-0.2, -0.15) is 0 Å². The standard InChI is InChI=1S/C17H22N2O/c1-17(2,15-9-5-4-6-10-15)13-18-12-14-8-7-11-19-16(14)20-3/h4-11,18H,12-13H2,1-3H3. The summed E-state index contributed by atoms with van der Waals surface area (Å²) in [6.45, 7) is 6.15. The maximum Gasteiger partial charge on any atom is 0.217 e. The van der Waals surface area contributed by atoms with E-state index in [0.717, 1.165) is 18.7 Å². The number of nitrogens with one attached hydrogen (secondary N) is 1. The van der Waals surface area contributed by atoms with Gasteiger partial charge in [0, 0.05) is 30.3 Å². The quantitative estimate of drug-likeness (QED) is 0.875. The minimum atomic E-state index is 0.0940. The van der Waals surface area contributed by atoms with Gasteiger partial charge in [0.2, 0.25) is 5.88 Å². The molecule has 0 saturated carbocycles. The van der Waals surface area contributed by atoms with E-state index in [1.807, 2.05) is 18.2 Å². The van der Waals surface area contributed by atoms with Gasteiger partial charge in [0.1, 0.15) is 0 Å². The summed E-state index contributed by atoms with van der Waals surface area (Å²) < 4.78 is 5.26. The molecule has 0 atom stereocenters. The smallest absolute Gasteiger partial charge is 0.217 e. The molecule has 1 aromatic heterocycles. The van der Waals surface area contributed by atoms with Crippen molar-refractivity contribution in [2.24, 2.45) is 0 Å². The number of hydrogen-bond acceptors (Lipinski definition) is 3. The lowest BCUT2D eigenvalue weighted by atomic mass is 9.84. The average molecular weight is 270 g/mol. The van der Waals surface area contributed by atoms with Gasteiger partial charge in [0.05, 0.1) is 7.11 Å². The Hall–Kier alpha value is -1.87. The first-order valence-corrected chi connectivity index (χ1v) is 6.87. The predicted octanol–water partition coefficient (Wildman–Crippen LogP) is 3.16. The highest BCUT2D eigenvalue weighted by atomic mass is 16.5. The molecular weight excluding hydrogens is 248 g/mol. The Kier molecular flexibility index (Phi) is 4.74. The van der Waals surface area contributed by atoms with Crippen LogP contribution in [0.25, 0.3) is 0 Å². The molecule has 0 amide bonds. The Balaban J connectivity index is 1.96. The van der Waals surface area contributed by atoms with Crippen LogP contribution in [0.2, 0.25) is 0 Å². The van der Waals surface area contributed by atoms with Gasteiger partial charge in [-0.15, -0.1) is 0 Å². The minimum absolute atomic E-state index is 0.0940. The normalized spacial score (nSPS) is 11.3. The Bertz CT molecular complexity index is 538. The molecule has 0 aliphatic carbocycles. The Morgan fingerprint density at radius 1 is 1.10 bits per heavy atom. The second-order valence-corrected chi connectivity index (χ2v) is 5.53. The molecule has 1 aromatic carbocycles. The minimum Gasteiger partial charge on any atom is -0.481 e. The van der Waals surface area contributed by atoms with Crippen LogP contribution in [-0.4, -0.2) is 18.6 Å². The van der Waals surface area contributed by atoms with E-state index in [0.29, 0.717) is 5.88 Å². The zero-order valence-corrected chi connectivity index (χ0v) is 12.4. The fourth-order valence-electron chi connectivity index (χ4n) is 2.24. The van der Waals surface area contributed by atoms with Crippen LogP contribution in [-0.2, 0) is 12.0 Å². The van der Waals surface area contributed by atoms with Crippen LogP contribution >= 0.6 is 0 Å². The summed E-state index contributed by atoms with van der Waals surface area (Å²) in [7, 11) is 1.65. The summed E-state index contributed by atoms with van der Waals surface area (Å²) in [6.07, 6.45) is 1.75. The summed E-state index contributed by atoms with van der Waals surface area (Å²) >= 11 is 0. The highest BCUT2D eigenvalue weighted by molar-refractivity contribution is 5.26. The molecule has 0 aliphatic heterocycles. The number of rotatable bonds is 6. The highest BCUT2D eigenvalue weighted by Gasteiger charge is 2.19. The third-order valence-corrected chi connectivity index (χ3v) is 3.48. The molecule has 106 valence electrons. The topological polar surface area (TPSA) is 34.1 Å². The van der Waals surface area contributed by atoms with Crippen molar-refractivity contribution in [1.82, 2.24) is 10.3 Å². The number of methoxy groups -OCH3 is 1. The predicted molar refractivity (Wildman–Crippen MR) is 82.0 cm³/mol. The van der Waals surface area contributed by atoms with E-state index in [2.05, 4.69) is 48.4 Å². The van der Waals surface area contributed by atoms with Crippen LogP contribution in [0, 0.1) is 0 Å². The second kappa shape index (κ2) is 6.53. The molecule has 0 spiro atoms. The van der Waals surface area contributed by atoms with Gasteiger partial charge in [-0.3, -0.25) is 0 Å². The van der Waals surface area contributed by atoms with Gasteiger partial charge in [-0.25, -0.2) is 4.98 Å². The van der Waals surface area contributed by atoms with Crippen LogP contribution in [0.3, 0.4) is 0 Å². The number of ether oxygens (including phenoxy) is 1. The van der Waals surface area contributed by atoms with Crippen LogP contribution in [0.15, 0.2) is 48.7 Å². The molecule has 1 heterocycles. The maximum atomic E-state index is 5.26. The van der Waals surface area contributed by atoms with E-state index in [9.17, 15) is 0 Å². The Labute approximate surface area is 121 Å². The molecule has 2 aromatic rings. The SMILES string of the molecule is COc1ncccc1CNCC(C)(C)c1ccccc1. The summed E-state index contributed by atoms with van der Waals surface area (Å²) in [6, 6.07) is 14.5. The van der Waals surface area contributed by atoms with Crippen molar-refractivity contribution >= 4 is 0 Å². The fourth-order valence-corrected chi connectivity index (χ4v) is 2.24. The number of hydrogen-bond donors (Lipinski definition) is 1. The first kappa shape index (κ1) is 14.5. The van der Waals surface area contributed by atoms with Gasteiger partial charge >= 0.3 is 0 Å². The van der Waals surface area contributed by atoms with Crippen LogP contribution in [0.5, 0.6) is 5.88 Å². The zero-order valence-electron chi connectivity index (χ0n) is 12.4. The summed E-state index contributed by atoms with van der Waals surface area (Å²) in [5.74, 6) is 0.692. The van der Waals surface area contributed by atoms with Gasteiger partial charge in [-0.1, -0.05) is 50.2 Å². The van der Waals surface area contributed by atoms with Crippen molar-refractivity contribution in [3.8, 4) is 5.88 Å². The largest absolute Gasteiger partial charge is 0.481 e. The van der Waals surface area contributed by atoms with Crippen LogP contribution in [0.4, 0.5) is 0 Å². The van der Waals surface area contributed by atoms with Crippen molar-refractivity contribution in [2.45, 2.75) is 25.8 Å². The van der Waals surface area contributed by atoms with Gasteiger partial charge < -0.3 is 10.1 Å². The van der Waals surface area contributed by atoms with E-state index < -0.39 is 0 Å². The molecule has 0 bridgehead atoms. The summed E-state index contributed by atoms with van der Waals surface area (Å²) in [5, 5.41) is 3.50. The first-order valence-electron chi connectivity index (χ1n) is 6.87. The summed E-state index contributed by atoms with van der Waals surface area (Å²) in [5.41, 5.74) is 2.51. The number of aromatic nitrogens is 1. The fraction of sp³-hybridized carbons (Fsp3) is 0.353. The lowest BCUT2D eigenvalue weighted by Gasteiger charge is -2.26. The molecule has 3 nitrogen and oxygen atoms in total. The van der Waals surface area contributed by atoms with Crippen LogP contribution < -0.4 is 10.1 Å². The maximum absolute atomic E-state index is 5.26. The van der Waals surface area contributed by atoms with E-state index in [1.165, 1.54) is 5.56 Å². The molecular formula is C17H22N2O. The van der Waals surface area contributed by atoms with E-state index in [1.54, 1.807) is 13.3 Å². The number of benzene rings is 1. The highest BCUT2D eigenvalue weighted by Crippen LogP contribution is 2.22. The van der Waals surface area contributed by atoms with Gasteiger partial charge in [0.15, 0.2) is 0 Å². The van der Waals surface area contributed by atoms with Gasteiger partial charge in [-0.05, 0) is 11.6 Å². The van der Waals surface area contributed by atoms with E-state index in [4.69, 9.17) is 4.74 Å². The Morgan fingerprint density at radius 3 is 2.55 bits per heavy atom. The van der Waals surface area contributed by atoms with Crippen molar-refractivity contribution < 1.29 is 4.74 Å².